The van der Waals surface area contributed by atoms with E-state index >= 15 is 0 Å². The largest absolute Gasteiger partial charge is 0.505 e. The predicted molar refractivity (Wildman–Crippen MR) is 123 cm³/mol. The summed E-state index contributed by atoms with van der Waals surface area (Å²) in [5.41, 5.74) is -0.458. The summed E-state index contributed by atoms with van der Waals surface area (Å²) in [5.74, 6) is -2.04. The molecular weight excluding hydrogens is 468 g/mol. The van der Waals surface area contributed by atoms with Crippen LogP contribution in [0.5, 0.6) is 0 Å². The summed E-state index contributed by atoms with van der Waals surface area (Å²) < 4.78 is 26.9. The number of aryl methyl sites for hydroxylation is 1. The number of aliphatic hydroxyl groups is 1. The molecule has 1 aliphatic rings. The van der Waals surface area contributed by atoms with Crippen LogP contribution >= 0.6 is 11.3 Å². The maximum absolute atomic E-state index is 13.1. The van der Waals surface area contributed by atoms with Crippen molar-refractivity contribution in [3.05, 3.63) is 46.1 Å². The van der Waals surface area contributed by atoms with Crippen molar-refractivity contribution in [2.75, 3.05) is 18.9 Å². The van der Waals surface area contributed by atoms with Crippen LogP contribution in [-0.2, 0) is 19.6 Å². The van der Waals surface area contributed by atoms with Crippen molar-refractivity contribution < 1.29 is 27.9 Å². The monoisotopic (exact) mass is 492 g/mol. The van der Waals surface area contributed by atoms with E-state index in [0.29, 0.717) is 10.8 Å². The van der Waals surface area contributed by atoms with Gasteiger partial charge in [0.2, 0.25) is 5.91 Å². The second-order valence-corrected chi connectivity index (χ2v) is 10.6. The van der Waals surface area contributed by atoms with E-state index < -0.39 is 33.2 Å². The minimum atomic E-state index is -4.23. The normalized spacial score (nSPS) is 14.6. The first-order valence-corrected chi connectivity index (χ1v) is 12.4. The van der Waals surface area contributed by atoms with Gasteiger partial charge in [0.15, 0.2) is 22.4 Å². The Hall–Kier alpha value is -3.25. The second kappa shape index (κ2) is 9.71. The van der Waals surface area contributed by atoms with Crippen LogP contribution < -0.4 is 10.6 Å². The van der Waals surface area contributed by atoms with Gasteiger partial charge in [-0.25, -0.2) is 13.4 Å². The number of carbonyl (C=O) groups is 3. The van der Waals surface area contributed by atoms with Gasteiger partial charge in [0.25, 0.3) is 15.9 Å². The van der Waals surface area contributed by atoms with E-state index in [2.05, 4.69) is 15.6 Å². The number of anilines is 1. The average Bonchev–Trinajstić information content (AvgIpc) is 3.18. The van der Waals surface area contributed by atoms with Gasteiger partial charge in [-0.3, -0.25) is 24.0 Å². The van der Waals surface area contributed by atoms with Gasteiger partial charge in [-0.05, 0) is 25.5 Å². The number of amides is 2. The number of aliphatic hydroxyl groups excluding tert-OH is 1. The molecule has 0 fully saturated rings. The maximum Gasteiger partial charge on any atom is 0.278 e. The van der Waals surface area contributed by atoms with Crippen molar-refractivity contribution in [3.8, 4) is 0 Å². The Balaban J connectivity index is 1.89. The number of ketones is 1. The number of thiazole rings is 1. The number of fused-ring (bicyclic) bond motifs is 1. The summed E-state index contributed by atoms with van der Waals surface area (Å²) in [6, 6.07) is 3.80. The molecule has 0 spiro atoms. The molecule has 1 aliphatic heterocycles. The highest BCUT2D eigenvalue weighted by Gasteiger charge is 2.38. The minimum Gasteiger partial charge on any atom is -0.505 e. The molecule has 0 saturated carbocycles. The molecule has 10 nitrogen and oxygen atoms in total. The summed E-state index contributed by atoms with van der Waals surface area (Å²) in [6.07, 6.45) is 2.22. The fourth-order valence-corrected chi connectivity index (χ4v) is 5.28. The van der Waals surface area contributed by atoms with E-state index in [-0.39, 0.29) is 39.9 Å². The standard InChI is InChI=1S/C21H24N4O6S2/c1-4-9-22-17(27)8-7-15(26)13-5-6-14-16(10-13)33(30,31)25(3)18(19(14)28)20(29)24-21-23-11-12(2)32-21/h5-6,10-11,28H,4,7-9H2,1-3H3,(H,22,27)(H,23,24,29). The Morgan fingerprint density at radius 3 is 2.58 bits per heavy atom. The van der Waals surface area contributed by atoms with Gasteiger partial charge >= 0.3 is 0 Å². The van der Waals surface area contributed by atoms with Crippen molar-refractivity contribution >= 4 is 49.8 Å². The van der Waals surface area contributed by atoms with Gasteiger partial charge in [0.05, 0.1) is 4.90 Å². The van der Waals surface area contributed by atoms with E-state index in [1.165, 1.54) is 23.5 Å². The molecule has 2 aromatic rings. The molecule has 33 heavy (non-hydrogen) atoms. The number of carbonyl (C=O) groups excluding carboxylic acids is 3. The first-order valence-electron chi connectivity index (χ1n) is 10.2. The topological polar surface area (TPSA) is 146 Å². The Kier molecular flexibility index (Phi) is 7.18. The highest BCUT2D eigenvalue weighted by Crippen LogP contribution is 2.36. The zero-order valence-corrected chi connectivity index (χ0v) is 20.0. The van der Waals surface area contributed by atoms with Gasteiger partial charge in [-0.2, -0.15) is 0 Å². The minimum absolute atomic E-state index is 0.0196. The smallest absolute Gasteiger partial charge is 0.278 e. The van der Waals surface area contributed by atoms with E-state index in [9.17, 15) is 27.9 Å². The number of sulfonamides is 1. The van der Waals surface area contributed by atoms with Crippen LogP contribution in [0.1, 0.15) is 47.0 Å². The molecule has 0 saturated heterocycles. The SMILES string of the molecule is CCCNC(=O)CCC(=O)c1ccc2c(c1)S(=O)(=O)N(C)C(C(=O)Nc1ncc(C)s1)=C2O. The zero-order chi connectivity index (χ0) is 24.3. The average molecular weight is 493 g/mol. The molecule has 0 atom stereocenters. The van der Waals surface area contributed by atoms with Crippen molar-refractivity contribution in [2.24, 2.45) is 0 Å². The lowest BCUT2D eigenvalue weighted by Gasteiger charge is -2.28. The molecule has 0 unspecified atom stereocenters. The third-order valence-electron chi connectivity index (χ3n) is 4.94. The summed E-state index contributed by atoms with van der Waals surface area (Å²) in [4.78, 5) is 41.6. The van der Waals surface area contributed by atoms with Crippen LogP contribution in [0.3, 0.4) is 0 Å². The maximum atomic E-state index is 13.1. The fourth-order valence-electron chi connectivity index (χ4n) is 3.19. The van der Waals surface area contributed by atoms with Gasteiger partial charge in [-0.1, -0.05) is 13.0 Å². The number of benzene rings is 1. The molecule has 1 aromatic heterocycles. The first kappa shape index (κ1) is 24.4. The highest BCUT2D eigenvalue weighted by molar-refractivity contribution is 7.89. The van der Waals surface area contributed by atoms with Crippen molar-refractivity contribution in [1.82, 2.24) is 14.6 Å². The Bertz CT molecular complexity index is 1250. The molecule has 0 bridgehead atoms. The molecule has 3 rings (SSSR count). The van der Waals surface area contributed by atoms with E-state index in [0.717, 1.165) is 24.4 Å². The predicted octanol–water partition coefficient (Wildman–Crippen LogP) is 2.44. The number of Topliss-reactive ketones (excluding diaryl/α,β-unsaturated/α-hetero) is 1. The quantitative estimate of drug-likeness (QED) is 0.480. The van der Waals surface area contributed by atoms with Gasteiger partial charge in [0.1, 0.15) is 0 Å². The molecular formula is C21H24N4O6S2. The van der Waals surface area contributed by atoms with E-state index in [1.54, 1.807) is 13.1 Å². The Morgan fingerprint density at radius 2 is 1.94 bits per heavy atom. The lowest BCUT2D eigenvalue weighted by atomic mass is 10.0. The van der Waals surface area contributed by atoms with Gasteiger partial charge in [0, 0.05) is 48.6 Å². The molecule has 176 valence electrons. The van der Waals surface area contributed by atoms with Crippen LogP contribution in [0.15, 0.2) is 35.0 Å². The molecule has 0 aliphatic carbocycles. The molecule has 12 heteroatoms. The number of likely N-dealkylation sites (N-methyl/N-ethyl adjacent to an activating group) is 1. The number of hydrogen-bond donors (Lipinski definition) is 3. The summed E-state index contributed by atoms with van der Waals surface area (Å²) >= 11 is 1.20. The van der Waals surface area contributed by atoms with Crippen molar-refractivity contribution in [3.63, 3.8) is 0 Å². The third kappa shape index (κ3) is 5.06. The summed E-state index contributed by atoms with van der Waals surface area (Å²) in [6.45, 7) is 4.23. The lowest BCUT2D eigenvalue weighted by Crippen LogP contribution is -2.37. The number of rotatable bonds is 8. The van der Waals surface area contributed by atoms with Crippen LogP contribution in [0.2, 0.25) is 0 Å². The van der Waals surface area contributed by atoms with E-state index in [1.807, 2.05) is 6.92 Å². The van der Waals surface area contributed by atoms with Crippen LogP contribution in [0.4, 0.5) is 5.13 Å². The summed E-state index contributed by atoms with van der Waals surface area (Å²) in [7, 11) is -3.09. The Morgan fingerprint density at radius 1 is 1.21 bits per heavy atom. The highest BCUT2D eigenvalue weighted by atomic mass is 32.2. The molecule has 0 radical (unpaired) electrons. The van der Waals surface area contributed by atoms with Crippen LogP contribution in [-0.4, -0.2) is 54.0 Å². The number of aromatic nitrogens is 1. The molecule has 3 N–H and O–H groups in total. The zero-order valence-electron chi connectivity index (χ0n) is 18.3. The second-order valence-electron chi connectivity index (χ2n) is 7.38. The first-order chi connectivity index (χ1) is 15.6. The van der Waals surface area contributed by atoms with Crippen molar-refractivity contribution in [2.45, 2.75) is 38.0 Å². The van der Waals surface area contributed by atoms with Crippen LogP contribution in [0.25, 0.3) is 5.76 Å². The molecule has 2 heterocycles. The molecule has 2 amide bonds. The van der Waals surface area contributed by atoms with Gasteiger partial charge in [-0.15, -0.1) is 11.3 Å². The van der Waals surface area contributed by atoms with Crippen molar-refractivity contribution in [1.29, 1.82) is 0 Å². The van der Waals surface area contributed by atoms with Gasteiger partial charge < -0.3 is 10.4 Å². The Labute approximate surface area is 195 Å². The number of hydrogen-bond acceptors (Lipinski definition) is 8. The van der Waals surface area contributed by atoms with Crippen LogP contribution in [0, 0.1) is 6.92 Å². The summed E-state index contributed by atoms with van der Waals surface area (Å²) in [5, 5.41) is 16.1. The fraction of sp³-hybridized carbons (Fsp3) is 0.333. The number of nitrogens with one attached hydrogen (secondary N) is 2. The van der Waals surface area contributed by atoms with E-state index in [4.69, 9.17) is 0 Å². The molecule has 1 aromatic carbocycles. The number of nitrogens with zero attached hydrogens (tertiary/aromatic N) is 2. The third-order valence-corrected chi connectivity index (χ3v) is 7.57. The lowest BCUT2D eigenvalue weighted by molar-refractivity contribution is -0.121.